The first kappa shape index (κ1) is 24.4. The molecule has 1 saturated heterocycles. The van der Waals surface area contributed by atoms with Crippen LogP contribution in [0.15, 0.2) is 52.5 Å². The predicted octanol–water partition coefficient (Wildman–Crippen LogP) is 2.61. The number of anilines is 1. The third-order valence-corrected chi connectivity index (χ3v) is 6.11. The van der Waals surface area contributed by atoms with Crippen molar-refractivity contribution in [2.75, 3.05) is 37.8 Å². The van der Waals surface area contributed by atoms with Gasteiger partial charge < -0.3 is 15.5 Å². The number of guanidine groups is 1. The molecule has 0 atom stereocenters. The minimum Gasteiger partial charge on any atom is -0.357 e. The van der Waals surface area contributed by atoms with E-state index < -0.39 is 9.84 Å². The Bertz CT molecular complexity index is 925. The third kappa shape index (κ3) is 7.12. The number of benzene rings is 1. The third-order valence-electron chi connectivity index (χ3n) is 4.98. The summed E-state index contributed by atoms with van der Waals surface area (Å²) in [6.45, 7) is 3.54. The first-order valence-corrected chi connectivity index (χ1v) is 11.8. The van der Waals surface area contributed by atoms with Crippen molar-refractivity contribution in [3.63, 3.8) is 0 Å². The summed E-state index contributed by atoms with van der Waals surface area (Å²) in [5.74, 6) is 1.78. The highest BCUT2D eigenvalue weighted by molar-refractivity contribution is 14.0. The predicted molar refractivity (Wildman–Crippen MR) is 133 cm³/mol. The SMILES string of the molecule is CN=C(NCCc1ccc(S(C)(=O)=O)cc1)NCc1ccc(N2CCCC2)nc1.I. The number of nitrogens with zero attached hydrogens (tertiary/aromatic N) is 3. The van der Waals surface area contributed by atoms with Crippen molar-refractivity contribution in [3.05, 3.63) is 53.7 Å². The molecule has 0 bridgehead atoms. The fourth-order valence-corrected chi connectivity index (χ4v) is 3.92. The van der Waals surface area contributed by atoms with Crippen LogP contribution in [0.3, 0.4) is 0 Å². The fourth-order valence-electron chi connectivity index (χ4n) is 3.29. The zero-order valence-corrected chi connectivity index (χ0v) is 20.6. The molecule has 164 valence electrons. The van der Waals surface area contributed by atoms with Gasteiger partial charge in [0.15, 0.2) is 15.8 Å². The van der Waals surface area contributed by atoms with E-state index in [0.717, 1.165) is 42.4 Å². The number of rotatable bonds is 7. The minimum absolute atomic E-state index is 0. The van der Waals surface area contributed by atoms with Gasteiger partial charge in [0, 0.05) is 45.7 Å². The molecule has 1 aromatic carbocycles. The summed E-state index contributed by atoms with van der Waals surface area (Å²) in [5.41, 5.74) is 2.18. The molecule has 1 fully saturated rings. The second-order valence-electron chi connectivity index (χ2n) is 7.24. The maximum absolute atomic E-state index is 11.5. The van der Waals surface area contributed by atoms with Gasteiger partial charge in [-0.1, -0.05) is 18.2 Å². The largest absolute Gasteiger partial charge is 0.357 e. The van der Waals surface area contributed by atoms with Crippen LogP contribution in [0.5, 0.6) is 0 Å². The van der Waals surface area contributed by atoms with Crippen LogP contribution >= 0.6 is 24.0 Å². The van der Waals surface area contributed by atoms with Crippen LogP contribution in [0.1, 0.15) is 24.0 Å². The quantitative estimate of drug-likeness (QED) is 0.317. The lowest BCUT2D eigenvalue weighted by atomic mass is 10.1. The molecule has 1 aliphatic rings. The van der Waals surface area contributed by atoms with Crippen molar-refractivity contribution in [2.24, 2.45) is 4.99 Å². The molecule has 2 N–H and O–H groups in total. The lowest BCUT2D eigenvalue weighted by Gasteiger charge is -2.16. The summed E-state index contributed by atoms with van der Waals surface area (Å²) in [6.07, 6.45) is 6.40. The molecule has 3 rings (SSSR count). The minimum atomic E-state index is -3.15. The average molecular weight is 543 g/mol. The van der Waals surface area contributed by atoms with Crippen molar-refractivity contribution in [1.82, 2.24) is 15.6 Å². The second kappa shape index (κ2) is 11.5. The Kier molecular flexibility index (Phi) is 9.35. The molecule has 0 amide bonds. The molecule has 0 unspecified atom stereocenters. The molecule has 30 heavy (non-hydrogen) atoms. The van der Waals surface area contributed by atoms with Crippen LogP contribution in [0.2, 0.25) is 0 Å². The van der Waals surface area contributed by atoms with Gasteiger partial charge in [0.05, 0.1) is 4.90 Å². The van der Waals surface area contributed by atoms with Gasteiger partial charge in [-0.05, 0) is 48.6 Å². The Hall–Kier alpha value is -1.88. The van der Waals surface area contributed by atoms with Crippen LogP contribution in [0, 0.1) is 0 Å². The Morgan fingerprint density at radius 3 is 2.30 bits per heavy atom. The van der Waals surface area contributed by atoms with E-state index in [0.29, 0.717) is 18.0 Å². The zero-order chi connectivity index (χ0) is 20.7. The summed E-state index contributed by atoms with van der Waals surface area (Å²) >= 11 is 0. The summed E-state index contributed by atoms with van der Waals surface area (Å²) in [4.78, 5) is 11.5. The lowest BCUT2D eigenvalue weighted by molar-refractivity contribution is 0.602. The van der Waals surface area contributed by atoms with Gasteiger partial charge in [-0.15, -0.1) is 24.0 Å². The molecular formula is C21H30IN5O2S. The number of sulfone groups is 1. The van der Waals surface area contributed by atoms with Crippen LogP contribution in [-0.4, -0.2) is 52.3 Å². The Morgan fingerprint density at radius 1 is 1.07 bits per heavy atom. The molecule has 0 radical (unpaired) electrons. The number of halogens is 1. The second-order valence-corrected chi connectivity index (χ2v) is 9.25. The summed E-state index contributed by atoms with van der Waals surface area (Å²) in [6, 6.07) is 11.2. The molecule has 1 aromatic heterocycles. The van der Waals surface area contributed by atoms with E-state index in [-0.39, 0.29) is 24.0 Å². The number of nitrogens with one attached hydrogen (secondary N) is 2. The summed E-state index contributed by atoms with van der Waals surface area (Å²) in [7, 11) is -1.41. The van der Waals surface area contributed by atoms with Crippen molar-refractivity contribution in [3.8, 4) is 0 Å². The summed E-state index contributed by atoms with van der Waals surface area (Å²) in [5, 5.41) is 6.58. The van der Waals surface area contributed by atoms with Gasteiger partial charge in [0.1, 0.15) is 5.82 Å². The highest BCUT2D eigenvalue weighted by Crippen LogP contribution is 2.17. The van der Waals surface area contributed by atoms with E-state index in [9.17, 15) is 8.42 Å². The zero-order valence-electron chi connectivity index (χ0n) is 17.5. The lowest BCUT2D eigenvalue weighted by Crippen LogP contribution is -2.37. The highest BCUT2D eigenvalue weighted by Gasteiger charge is 2.13. The molecule has 9 heteroatoms. The topological polar surface area (TPSA) is 86.7 Å². The van der Waals surface area contributed by atoms with Crippen LogP contribution in [-0.2, 0) is 22.8 Å². The van der Waals surface area contributed by atoms with E-state index in [1.165, 1.54) is 19.1 Å². The molecule has 0 aliphatic carbocycles. The Balaban J connectivity index is 0.00000320. The standard InChI is InChI=1S/C21H29N5O2S.HI/c1-22-21(23-12-11-17-5-8-19(9-6-17)29(2,27)28)25-16-18-7-10-20(24-15-18)26-13-3-4-14-26;/h5-10,15H,3-4,11-14,16H2,1-2H3,(H2,22,23,25);1H. The van der Waals surface area contributed by atoms with E-state index in [1.54, 1.807) is 19.2 Å². The van der Waals surface area contributed by atoms with E-state index in [1.807, 2.05) is 18.3 Å². The Labute approximate surface area is 196 Å². The molecule has 0 saturated carbocycles. The van der Waals surface area contributed by atoms with Gasteiger partial charge in [-0.25, -0.2) is 13.4 Å². The van der Waals surface area contributed by atoms with Crippen molar-refractivity contribution in [1.29, 1.82) is 0 Å². The van der Waals surface area contributed by atoms with E-state index >= 15 is 0 Å². The monoisotopic (exact) mass is 543 g/mol. The van der Waals surface area contributed by atoms with Gasteiger partial charge in [-0.3, -0.25) is 4.99 Å². The number of hydrogen-bond donors (Lipinski definition) is 2. The van der Waals surface area contributed by atoms with E-state index in [4.69, 9.17) is 0 Å². The van der Waals surface area contributed by atoms with Gasteiger partial charge in [-0.2, -0.15) is 0 Å². The molecule has 1 aliphatic heterocycles. The van der Waals surface area contributed by atoms with Crippen LogP contribution < -0.4 is 15.5 Å². The maximum Gasteiger partial charge on any atom is 0.191 e. The first-order valence-electron chi connectivity index (χ1n) is 9.89. The normalized spacial score (nSPS) is 14.3. The van der Waals surface area contributed by atoms with Gasteiger partial charge in [0.25, 0.3) is 0 Å². The van der Waals surface area contributed by atoms with Crippen molar-refractivity contribution >= 4 is 45.6 Å². The first-order chi connectivity index (χ1) is 14.0. The van der Waals surface area contributed by atoms with Crippen molar-refractivity contribution < 1.29 is 8.42 Å². The maximum atomic E-state index is 11.5. The summed E-state index contributed by atoms with van der Waals surface area (Å²) < 4.78 is 23.0. The molecule has 2 heterocycles. The Morgan fingerprint density at radius 2 is 1.73 bits per heavy atom. The van der Waals surface area contributed by atoms with Crippen molar-refractivity contribution in [2.45, 2.75) is 30.7 Å². The van der Waals surface area contributed by atoms with Gasteiger partial charge in [0.2, 0.25) is 0 Å². The van der Waals surface area contributed by atoms with Gasteiger partial charge >= 0.3 is 0 Å². The van der Waals surface area contributed by atoms with Crippen LogP contribution in [0.25, 0.3) is 0 Å². The number of aliphatic imine (C=N–C) groups is 1. The number of aromatic nitrogens is 1. The molecular weight excluding hydrogens is 513 g/mol. The average Bonchev–Trinajstić information content (AvgIpc) is 3.25. The fraction of sp³-hybridized carbons (Fsp3) is 0.429. The molecule has 2 aromatic rings. The van der Waals surface area contributed by atoms with E-state index in [2.05, 4.69) is 37.6 Å². The molecule has 0 spiro atoms. The highest BCUT2D eigenvalue weighted by atomic mass is 127. The number of pyridine rings is 1. The van der Waals surface area contributed by atoms with Crippen LogP contribution in [0.4, 0.5) is 5.82 Å². The number of hydrogen-bond acceptors (Lipinski definition) is 5. The molecule has 7 nitrogen and oxygen atoms in total. The smallest absolute Gasteiger partial charge is 0.191 e.